The van der Waals surface area contributed by atoms with Gasteiger partial charge in [0.05, 0.1) is 17.7 Å². The van der Waals surface area contributed by atoms with Crippen molar-refractivity contribution in [3.8, 4) is 0 Å². The summed E-state index contributed by atoms with van der Waals surface area (Å²) < 4.78 is 40.5. The van der Waals surface area contributed by atoms with E-state index in [1.165, 1.54) is 0 Å². The zero-order valence-electron chi connectivity index (χ0n) is 9.67. The predicted molar refractivity (Wildman–Crippen MR) is 57.4 cm³/mol. The topological polar surface area (TPSA) is 29.9 Å². The van der Waals surface area contributed by atoms with Gasteiger partial charge >= 0.3 is 6.18 Å². The number of alkyl halides is 3. The van der Waals surface area contributed by atoms with Gasteiger partial charge in [-0.25, -0.2) is 0 Å². The first-order valence-electron chi connectivity index (χ1n) is 5.86. The van der Waals surface area contributed by atoms with Crippen molar-refractivity contribution in [3.05, 3.63) is 18.0 Å². The van der Waals surface area contributed by atoms with E-state index in [9.17, 15) is 13.2 Å². The van der Waals surface area contributed by atoms with Gasteiger partial charge in [-0.1, -0.05) is 0 Å². The number of nitrogens with zero attached hydrogens (tertiary/aromatic N) is 2. The Balaban J connectivity index is 2.28. The number of aryl methyl sites for hydroxylation is 1. The first kappa shape index (κ1) is 12.4. The number of nitrogens with one attached hydrogen (secondary N) is 1. The fourth-order valence-corrected chi connectivity index (χ4v) is 2.42. The summed E-state index contributed by atoms with van der Waals surface area (Å²) in [6, 6.07) is 1.01. The van der Waals surface area contributed by atoms with Crippen molar-refractivity contribution in [2.45, 2.75) is 38.5 Å². The molecule has 0 aromatic carbocycles. The molecule has 17 heavy (non-hydrogen) atoms. The number of rotatable bonds is 2. The van der Waals surface area contributed by atoms with E-state index in [0.29, 0.717) is 25.2 Å². The molecular formula is C11H16F3N3. The highest BCUT2D eigenvalue weighted by molar-refractivity contribution is 5.10. The fourth-order valence-electron chi connectivity index (χ4n) is 2.42. The van der Waals surface area contributed by atoms with Crippen LogP contribution in [-0.2, 0) is 6.54 Å². The largest absolute Gasteiger partial charge is 0.393 e. The first-order valence-corrected chi connectivity index (χ1v) is 5.86. The summed E-state index contributed by atoms with van der Waals surface area (Å²) >= 11 is 0. The minimum absolute atomic E-state index is 0.191. The molecule has 1 aromatic rings. The van der Waals surface area contributed by atoms with Gasteiger partial charge in [-0.15, -0.1) is 0 Å². The van der Waals surface area contributed by atoms with E-state index >= 15 is 0 Å². The molecule has 0 saturated carbocycles. The van der Waals surface area contributed by atoms with Gasteiger partial charge in [0.1, 0.15) is 0 Å². The van der Waals surface area contributed by atoms with Gasteiger partial charge in [-0.3, -0.25) is 4.68 Å². The van der Waals surface area contributed by atoms with Crippen molar-refractivity contribution in [1.82, 2.24) is 15.1 Å². The lowest BCUT2D eigenvalue weighted by Crippen LogP contribution is -2.42. The minimum atomic E-state index is -4.15. The summed E-state index contributed by atoms with van der Waals surface area (Å²) in [5, 5.41) is 7.01. The highest BCUT2D eigenvalue weighted by Crippen LogP contribution is 2.40. The van der Waals surface area contributed by atoms with Crippen molar-refractivity contribution in [2.75, 3.05) is 6.54 Å². The quantitative estimate of drug-likeness (QED) is 0.870. The molecule has 0 radical (unpaired) electrons. The zero-order chi connectivity index (χ0) is 12.5. The van der Waals surface area contributed by atoms with Crippen molar-refractivity contribution < 1.29 is 13.2 Å². The molecule has 3 nitrogen and oxygen atoms in total. The normalized spacial score (nSPS) is 26.1. The molecule has 1 aliphatic rings. The van der Waals surface area contributed by atoms with E-state index in [4.69, 9.17) is 0 Å². The van der Waals surface area contributed by atoms with Crippen LogP contribution in [0, 0.1) is 5.92 Å². The average Bonchev–Trinajstić information content (AvgIpc) is 2.75. The summed E-state index contributed by atoms with van der Waals surface area (Å²) in [5.74, 6) is -1.31. The Morgan fingerprint density at radius 1 is 1.53 bits per heavy atom. The monoisotopic (exact) mass is 247 g/mol. The fraction of sp³-hybridized carbons (Fsp3) is 0.727. The van der Waals surface area contributed by atoms with Gasteiger partial charge in [0, 0.05) is 12.7 Å². The number of hydrogen-bond donors (Lipinski definition) is 1. The third-order valence-electron chi connectivity index (χ3n) is 3.25. The van der Waals surface area contributed by atoms with Gasteiger partial charge in [0.2, 0.25) is 0 Å². The van der Waals surface area contributed by atoms with Crippen LogP contribution in [0.3, 0.4) is 0 Å². The lowest BCUT2D eigenvalue weighted by Gasteiger charge is -2.34. The molecule has 0 amide bonds. The molecule has 0 aliphatic carbocycles. The lowest BCUT2D eigenvalue weighted by atomic mass is 9.88. The molecule has 2 rings (SSSR count). The smallest absolute Gasteiger partial charge is 0.308 e. The molecule has 0 spiro atoms. The summed E-state index contributed by atoms with van der Waals surface area (Å²) in [6.07, 6.45) is -1.83. The molecule has 1 aromatic heterocycles. The Morgan fingerprint density at radius 3 is 2.94 bits per heavy atom. The highest BCUT2D eigenvalue weighted by atomic mass is 19.4. The van der Waals surface area contributed by atoms with E-state index in [0.717, 1.165) is 0 Å². The van der Waals surface area contributed by atoms with Crippen LogP contribution in [0.1, 0.15) is 31.5 Å². The van der Waals surface area contributed by atoms with E-state index < -0.39 is 18.1 Å². The zero-order valence-corrected chi connectivity index (χ0v) is 9.67. The lowest BCUT2D eigenvalue weighted by molar-refractivity contribution is -0.189. The summed E-state index contributed by atoms with van der Waals surface area (Å²) in [5.41, 5.74) is 0.634. The van der Waals surface area contributed by atoms with Gasteiger partial charge in [-0.05, 0) is 32.4 Å². The van der Waals surface area contributed by atoms with E-state index in [-0.39, 0.29) is 6.42 Å². The van der Waals surface area contributed by atoms with Crippen molar-refractivity contribution in [2.24, 2.45) is 5.92 Å². The van der Waals surface area contributed by atoms with Crippen molar-refractivity contribution in [3.63, 3.8) is 0 Å². The second kappa shape index (κ2) is 4.68. The van der Waals surface area contributed by atoms with Crippen LogP contribution in [0.4, 0.5) is 13.2 Å². The SMILES string of the molecule is CCn1nccc1C1NCCCC1C(F)(F)F. The van der Waals surface area contributed by atoms with Crippen LogP contribution in [-0.4, -0.2) is 22.5 Å². The van der Waals surface area contributed by atoms with Gasteiger partial charge in [0.15, 0.2) is 0 Å². The van der Waals surface area contributed by atoms with Crippen LogP contribution < -0.4 is 5.32 Å². The van der Waals surface area contributed by atoms with Crippen LogP contribution in [0.25, 0.3) is 0 Å². The van der Waals surface area contributed by atoms with E-state index in [1.807, 2.05) is 6.92 Å². The Hall–Kier alpha value is -1.04. The Bertz CT molecular complexity index is 372. The van der Waals surface area contributed by atoms with Crippen LogP contribution in [0.2, 0.25) is 0 Å². The molecule has 6 heteroatoms. The Kier molecular flexibility index (Phi) is 3.42. The Labute approximate surface area is 98.0 Å². The first-order chi connectivity index (χ1) is 8.04. The van der Waals surface area contributed by atoms with E-state index in [2.05, 4.69) is 10.4 Å². The molecule has 2 unspecified atom stereocenters. The van der Waals surface area contributed by atoms with Gasteiger partial charge in [-0.2, -0.15) is 18.3 Å². The number of halogens is 3. The van der Waals surface area contributed by atoms with Crippen LogP contribution in [0.15, 0.2) is 12.3 Å². The second-order valence-corrected chi connectivity index (χ2v) is 4.29. The summed E-state index contributed by atoms with van der Waals surface area (Å²) in [7, 11) is 0. The van der Waals surface area contributed by atoms with E-state index in [1.54, 1.807) is 16.9 Å². The maximum atomic E-state index is 12.9. The van der Waals surface area contributed by atoms with Crippen LogP contribution >= 0.6 is 0 Å². The van der Waals surface area contributed by atoms with Crippen molar-refractivity contribution >= 4 is 0 Å². The van der Waals surface area contributed by atoms with Crippen molar-refractivity contribution in [1.29, 1.82) is 0 Å². The predicted octanol–water partition coefficient (Wildman–Crippen LogP) is 2.51. The minimum Gasteiger partial charge on any atom is -0.308 e. The Morgan fingerprint density at radius 2 is 2.29 bits per heavy atom. The van der Waals surface area contributed by atoms with Gasteiger partial charge in [0.25, 0.3) is 0 Å². The second-order valence-electron chi connectivity index (χ2n) is 4.29. The number of piperidine rings is 1. The molecule has 96 valence electrons. The molecule has 0 bridgehead atoms. The highest BCUT2D eigenvalue weighted by Gasteiger charge is 2.46. The molecular weight excluding hydrogens is 231 g/mol. The molecule has 2 heterocycles. The van der Waals surface area contributed by atoms with Crippen LogP contribution in [0.5, 0.6) is 0 Å². The number of hydrogen-bond acceptors (Lipinski definition) is 2. The standard InChI is InChI=1S/C11H16F3N3/c1-2-17-9(5-7-16-17)10-8(11(12,13)14)4-3-6-15-10/h5,7-8,10,15H,2-4,6H2,1H3. The van der Waals surface area contributed by atoms with Gasteiger partial charge < -0.3 is 5.32 Å². The summed E-state index contributed by atoms with van der Waals surface area (Å²) in [6.45, 7) is 3.10. The third-order valence-corrected chi connectivity index (χ3v) is 3.25. The molecule has 1 aliphatic heterocycles. The molecule has 1 N–H and O–H groups in total. The molecule has 2 atom stereocenters. The number of aromatic nitrogens is 2. The maximum Gasteiger partial charge on any atom is 0.393 e. The third kappa shape index (κ3) is 2.46. The maximum absolute atomic E-state index is 12.9. The summed E-state index contributed by atoms with van der Waals surface area (Å²) in [4.78, 5) is 0. The molecule has 1 saturated heterocycles. The molecule has 1 fully saturated rings. The average molecular weight is 247 g/mol.